The van der Waals surface area contributed by atoms with E-state index in [1.54, 1.807) is 30.3 Å². The third-order valence-corrected chi connectivity index (χ3v) is 4.26. The molecule has 5 nitrogen and oxygen atoms in total. The molecule has 0 aromatic heterocycles. The summed E-state index contributed by atoms with van der Waals surface area (Å²) in [5.74, 6) is 0.442. The molecule has 5 heteroatoms. The normalized spacial score (nSPS) is 10.2. The highest BCUT2D eigenvalue weighted by Gasteiger charge is 2.10. The van der Waals surface area contributed by atoms with Crippen molar-refractivity contribution in [1.29, 1.82) is 0 Å². The number of nitrogens with one attached hydrogen (secondary N) is 2. The minimum atomic E-state index is -0.210. The molecule has 0 aliphatic heterocycles. The quantitative estimate of drug-likeness (QED) is 0.652. The number of ether oxygens (including phenoxy) is 1. The van der Waals surface area contributed by atoms with E-state index >= 15 is 0 Å². The molecule has 0 aliphatic carbocycles. The molecular formula is C23H22N2O3. The molecule has 142 valence electrons. The lowest BCUT2D eigenvalue weighted by Crippen LogP contribution is -2.14. The number of benzene rings is 3. The van der Waals surface area contributed by atoms with Crippen LogP contribution in [0.2, 0.25) is 0 Å². The van der Waals surface area contributed by atoms with Gasteiger partial charge >= 0.3 is 0 Å². The maximum Gasteiger partial charge on any atom is 0.255 e. The highest BCUT2D eigenvalue weighted by Crippen LogP contribution is 2.24. The summed E-state index contributed by atoms with van der Waals surface area (Å²) in [5.41, 5.74) is 3.67. The van der Waals surface area contributed by atoms with Crippen molar-refractivity contribution in [3.05, 3.63) is 89.5 Å². The first-order chi connectivity index (χ1) is 13.5. The summed E-state index contributed by atoms with van der Waals surface area (Å²) in [6, 6.07) is 22.3. The topological polar surface area (TPSA) is 67.4 Å². The predicted octanol–water partition coefficient (Wildman–Crippen LogP) is 4.78. The van der Waals surface area contributed by atoms with Crippen LogP contribution < -0.4 is 15.4 Å². The molecule has 0 fully saturated rings. The van der Waals surface area contributed by atoms with Crippen LogP contribution >= 0.6 is 0 Å². The Morgan fingerprint density at radius 2 is 1.46 bits per heavy atom. The summed E-state index contributed by atoms with van der Waals surface area (Å²) < 4.78 is 5.71. The fraction of sp³-hybridized carbons (Fsp3) is 0.130. The van der Waals surface area contributed by atoms with Crippen molar-refractivity contribution >= 4 is 23.2 Å². The van der Waals surface area contributed by atoms with Gasteiger partial charge in [-0.15, -0.1) is 0 Å². The average molecular weight is 374 g/mol. The van der Waals surface area contributed by atoms with Crippen LogP contribution in [0.1, 0.15) is 28.4 Å². The Hall–Kier alpha value is -3.60. The molecule has 0 bridgehead atoms. The molecule has 0 unspecified atom stereocenters. The average Bonchev–Trinajstić information content (AvgIpc) is 2.70. The summed E-state index contributed by atoms with van der Waals surface area (Å²) in [6.07, 6.45) is 0. The number of carbonyl (C=O) groups excluding carboxylic acids is 2. The van der Waals surface area contributed by atoms with Crippen molar-refractivity contribution < 1.29 is 14.3 Å². The molecule has 0 atom stereocenters. The van der Waals surface area contributed by atoms with Crippen molar-refractivity contribution in [3.63, 3.8) is 0 Å². The SMILES string of the molecule is CC(=O)Nc1cccc(NC(=O)c2ccc(COc3ccccc3)cc2)c1C. The van der Waals surface area contributed by atoms with Crippen LogP contribution in [0.3, 0.4) is 0 Å². The van der Waals surface area contributed by atoms with Gasteiger partial charge in [-0.2, -0.15) is 0 Å². The number of anilines is 2. The maximum absolute atomic E-state index is 12.6. The van der Waals surface area contributed by atoms with E-state index in [0.29, 0.717) is 23.5 Å². The molecule has 0 saturated heterocycles. The molecule has 0 spiro atoms. The van der Waals surface area contributed by atoms with Gasteiger partial charge in [0.05, 0.1) is 0 Å². The third-order valence-electron chi connectivity index (χ3n) is 4.26. The van der Waals surface area contributed by atoms with Crippen LogP contribution in [0.15, 0.2) is 72.8 Å². The second kappa shape index (κ2) is 8.86. The lowest BCUT2D eigenvalue weighted by atomic mass is 10.1. The molecule has 28 heavy (non-hydrogen) atoms. The van der Waals surface area contributed by atoms with Gasteiger partial charge in [0.25, 0.3) is 5.91 Å². The highest BCUT2D eigenvalue weighted by atomic mass is 16.5. The molecule has 3 aromatic carbocycles. The van der Waals surface area contributed by atoms with Crippen molar-refractivity contribution in [1.82, 2.24) is 0 Å². The van der Waals surface area contributed by atoms with E-state index in [9.17, 15) is 9.59 Å². The van der Waals surface area contributed by atoms with Gasteiger partial charge in [0.1, 0.15) is 12.4 Å². The molecule has 0 radical (unpaired) electrons. The van der Waals surface area contributed by atoms with E-state index in [1.165, 1.54) is 6.92 Å². The Kier molecular flexibility index (Phi) is 6.07. The Balaban J connectivity index is 1.64. The van der Waals surface area contributed by atoms with E-state index in [4.69, 9.17) is 4.74 Å². The predicted molar refractivity (Wildman–Crippen MR) is 111 cm³/mol. The van der Waals surface area contributed by atoms with Crippen molar-refractivity contribution in [3.8, 4) is 5.75 Å². The summed E-state index contributed by atoms with van der Waals surface area (Å²) in [5, 5.41) is 5.65. The first-order valence-corrected chi connectivity index (χ1v) is 8.98. The van der Waals surface area contributed by atoms with Crippen LogP contribution in [0.25, 0.3) is 0 Å². The van der Waals surface area contributed by atoms with E-state index < -0.39 is 0 Å². The number of hydrogen-bond donors (Lipinski definition) is 2. The van der Waals surface area contributed by atoms with Gasteiger partial charge in [0.2, 0.25) is 5.91 Å². The van der Waals surface area contributed by atoms with E-state index in [0.717, 1.165) is 16.9 Å². The molecule has 2 N–H and O–H groups in total. The standard InChI is InChI=1S/C23H22N2O3/c1-16-21(24-17(2)26)9-6-10-22(16)25-23(27)19-13-11-18(12-14-19)15-28-20-7-4-3-5-8-20/h3-14H,15H2,1-2H3,(H,24,26)(H,25,27). The van der Waals surface area contributed by atoms with Gasteiger partial charge in [-0.25, -0.2) is 0 Å². The Morgan fingerprint density at radius 3 is 2.11 bits per heavy atom. The van der Waals surface area contributed by atoms with Crippen LogP contribution in [0, 0.1) is 6.92 Å². The van der Waals surface area contributed by atoms with Gasteiger partial charge in [-0.3, -0.25) is 9.59 Å². The smallest absolute Gasteiger partial charge is 0.255 e. The number of carbonyl (C=O) groups is 2. The summed E-state index contributed by atoms with van der Waals surface area (Å²) >= 11 is 0. The molecule has 0 saturated carbocycles. The van der Waals surface area contributed by atoms with Crippen LogP contribution in [-0.4, -0.2) is 11.8 Å². The van der Waals surface area contributed by atoms with Crippen molar-refractivity contribution in [2.45, 2.75) is 20.5 Å². The summed E-state index contributed by atoms with van der Waals surface area (Å²) in [4.78, 5) is 23.8. The molecule has 0 heterocycles. The zero-order valence-corrected chi connectivity index (χ0v) is 15.9. The first-order valence-electron chi connectivity index (χ1n) is 8.98. The number of amides is 2. The van der Waals surface area contributed by atoms with E-state index in [2.05, 4.69) is 10.6 Å². The van der Waals surface area contributed by atoms with E-state index in [-0.39, 0.29) is 11.8 Å². The minimum absolute atomic E-state index is 0.153. The molecule has 3 aromatic rings. The zero-order valence-electron chi connectivity index (χ0n) is 15.9. The summed E-state index contributed by atoms with van der Waals surface area (Å²) in [7, 11) is 0. The van der Waals surface area contributed by atoms with Gasteiger partial charge < -0.3 is 15.4 Å². The number of para-hydroxylation sites is 1. The Labute approximate surface area is 164 Å². The van der Waals surface area contributed by atoms with Crippen molar-refractivity contribution in [2.24, 2.45) is 0 Å². The second-order valence-corrected chi connectivity index (χ2v) is 6.41. The Bertz CT molecular complexity index is 967. The second-order valence-electron chi connectivity index (χ2n) is 6.41. The maximum atomic E-state index is 12.6. The van der Waals surface area contributed by atoms with Crippen molar-refractivity contribution in [2.75, 3.05) is 10.6 Å². The summed E-state index contributed by atoms with van der Waals surface area (Å²) in [6.45, 7) is 3.74. The van der Waals surface area contributed by atoms with Crippen LogP contribution in [-0.2, 0) is 11.4 Å². The first kappa shape index (κ1) is 19.2. The number of hydrogen-bond acceptors (Lipinski definition) is 3. The minimum Gasteiger partial charge on any atom is -0.489 e. The fourth-order valence-corrected chi connectivity index (χ4v) is 2.73. The Morgan fingerprint density at radius 1 is 0.821 bits per heavy atom. The van der Waals surface area contributed by atoms with Gasteiger partial charge in [-0.05, 0) is 54.4 Å². The monoisotopic (exact) mass is 374 g/mol. The molecular weight excluding hydrogens is 352 g/mol. The molecule has 2 amide bonds. The molecule has 3 rings (SSSR count). The third kappa shape index (κ3) is 4.98. The fourth-order valence-electron chi connectivity index (χ4n) is 2.73. The lowest BCUT2D eigenvalue weighted by molar-refractivity contribution is -0.114. The van der Waals surface area contributed by atoms with Crippen LogP contribution in [0.4, 0.5) is 11.4 Å². The lowest BCUT2D eigenvalue weighted by Gasteiger charge is -2.13. The van der Waals surface area contributed by atoms with Gasteiger partial charge in [0, 0.05) is 23.9 Å². The van der Waals surface area contributed by atoms with Gasteiger partial charge in [0.15, 0.2) is 0 Å². The number of rotatable bonds is 6. The zero-order chi connectivity index (χ0) is 19.9. The largest absolute Gasteiger partial charge is 0.489 e. The molecule has 0 aliphatic rings. The van der Waals surface area contributed by atoms with Gasteiger partial charge in [-0.1, -0.05) is 36.4 Å². The van der Waals surface area contributed by atoms with Crippen LogP contribution in [0.5, 0.6) is 5.75 Å². The van der Waals surface area contributed by atoms with E-state index in [1.807, 2.05) is 49.4 Å². The highest BCUT2D eigenvalue weighted by molar-refractivity contribution is 6.05.